The zero-order valence-corrected chi connectivity index (χ0v) is 17.6. The van der Waals surface area contributed by atoms with Gasteiger partial charge in [-0.25, -0.2) is 18.7 Å². The molecule has 1 unspecified atom stereocenters. The molecule has 0 bridgehead atoms. The smallest absolute Gasteiger partial charge is 0.267 e. The van der Waals surface area contributed by atoms with Crippen molar-refractivity contribution < 1.29 is 13.6 Å². The average Bonchev–Trinajstić information content (AvgIpc) is 3.47. The molecule has 3 aromatic rings. The Hall–Kier alpha value is -3.30. The van der Waals surface area contributed by atoms with Crippen molar-refractivity contribution in [2.75, 3.05) is 0 Å². The number of amides is 1. The number of carbonyl (C=O) groups excluding carboxylic acids is 1. The van der Waals surface area contributed by atoms with Gasteiger partial charge in [-0.1, -0.05) is 0 Å². The summed E-state index contributed by atoms with van der Waals surface area (Å²) in [6.45, 7) is 2.87. The predicted molar refractivity (Wildman–Crippen MR) is 114 cm³/mol. The molecular weight excluding hydrogens is 416 g/mol. The number of aromatic nitrogens is 4. The van der Waals surface area contributed by atoms with Crippen LogP contribution >= 0.6 is 0 Å². The third kappa shape index (κ3) is 2.85. The summed E-state index contributed by atoms with van der Waals surface area (Å²) < 4.78 is 30.8. The number of hydrazone groups is 1. The molecule has 0 aromatic carbocycles. The Kier molecular flexibility index (Phi) is 4.00. The third-order valence-electron chi connectivity index (χ3n) is 6.75. The highest BCUT2D eigenvalue weighted by molar-refractivity contribution is 6.05. The second kappa shape index (κ2) is 6.60. The van der Waals surface area contributed by atoms with Gasteiger partial charge in [-0.05, 0) is 25.5 Å². The molecule has 2 N–H and O–H groups in total. The van der Waals surface area contributed by atoms with E-state index in [0.717, 1.165) is 47.9 Å². The van der Waals surface area contributed by atoms with Gasteiger partial charge in [0, 0.05) is 44.0 Å². The molecule has 5 heterocycles. The number of nitrogens with two attached hydrogens (primary N) is 1. The summed E-state index contributed by atoms with van der Waals surface area (Å²) >= 11 is 0. The summed E-state index contributed by atoms with van der Waals surface area (Å²) in [5, 5.41) is 6.61. The van der Waals surface area contributed by atoms with Crippen molar-refractivity contribution in [1.29, 1.82) is 0 Å². The van der Waals surface area contributed by atoms with Crippen molar-refractivity contribution in [3.8, 4) is 11.3 Å². The minimum Gasteiger partial charge on any atom is -0.364 e. The molecule has 32 heavy (non-hydrogen) atoms. The monoisotopic (exact) mass is 439 g/mol. The Morgan fingerprint density at radius 3 is 2.84 bits per heavy atom. The average molecular weight is 439 g/mol. The van der Waals surface area contributed by atoms with Crippen LogP contribution in [-0.4, -0.2) is 53.6 Å². The minimum atomic E-state index is -2.58. The predicted octanol–water partition coefficient (Wildman–Crippen LogP) is 2.84. The molecule has 6 rings (SSSR count). The molecule has 0 saturated heterocycles. The number of primary amides is 1. The van der Waals surface area contributed by atoms with Crippen molar-refractivity contribution in [2.24, 2.45) is 10.8 Å². The summed E-state index contributed by atoms with van der Waals surface area (Å²) in [6, 6.07) is 3.63. The Bertz CT molecular complexity index is 1280. The third-order valence-corrected chi connectivity index (χ3v) is 6.75. The molecule has 8 nitrogen and oxygen atoms in total. The number of hydrogen-bond donors (Lipinski definition) is 1. The van der Waals surface area contributed by atoms with E-state index in [1.165, 1.54) is 6.20 Å². The Balaban J connectivity index is 1.44. The number of halogens is 2. The van der Waals surface area contributed by atoms with Crippen molar-refractivity contribution in [1.82, 2.24) is 23.9 Å². The second-order valence-corrected chi connectivity index (χ2v) is 9.03. The van der Waals surface area contributed by atoms with E-state index in [1.807, 2.05) is 30.3 Å². The molecule has 3 aromatic heterocycles. The molecule has 166 valence electrons. The molecule has 1 fully saturated rings. The number of aryl methyl sites for hydroxylation is 1. The molecular formula is C22H23F2N7O. The molecule has 2 aliphatic heterocycles. The van der Waals surface area contributed by atoms with Crippen LogP contribution in [0.4, 0.5) is 8.78 Å². The maximum absolute atomic E-state index is 13.4. The van der Waals surface area contributed by atoms with Gasteiger partial charge in [0.1, 0.15) is 22.9 Å². The number of pyridine rings is 1. The maximum Gasteiger partial charge on any atom is 0.267 e. The Labute approximate surface area is 182 Å². The molecule has 0 spiro atoms. The van der Waals surface area contributed by atoms with Crippen LogP contribution in [0.3, 0.4) is 0 Å². The normalized spacial score (nSPS) is 22.3. The number of imidazole rings is 2. The van der Waals surface area contributed by atoms with Crippen molar-refractivity contribution >= 4 is 17.3 Å². The number of alkyl halides is 2. The van der Waals surface area contributed by atoms with Gasteiger partial charge in [0.25, 0.3) is 11.8 Å². The van der Waals surface area contributed by atoms with Gasteiger partial charge in [0.2, 0.25) is 0 Å². The van der Waals surface area contributed by atoms with Gasteiger partial charge < -0.3 is 10.3 Å². The van der Waals surface area contributed by atoms with Gasteiger partial charge in [-0.3, -0.25) is 14.2 Å². The highest BCUT2D eigenvalue weighted by atomic mass is 19.3. The number of carbonyl (C=O) groups is 1. The fraction of sp³-hybridized carbons (Fsp3) is 0.455. The standard InChI is InChI=1S/C22H23F2N7O/c1-12-7-15(28-31(12)14-8-22(23,24)9-14)19-20(29-6-2-3-18(29)27-19)13-4-5-17-26-10-16(21(25)32)30(17)11-13/h4-5,10-12,14H,2-3,6-9H2,1H3,(H2,25,32). The zero-order chi connectivity index (χ0) is 22.2. The molecule has 1 saturated carbocycles. The fourth-order valence-corrected chi connectivity index (χ4v) is 5.18. The van der Waals surface area contributed by atoms with Gasteiger partial charge in [0.15, 0.2) is 0 Å². The quantitative estimate of drug-likeness (QED) is 0.677. The molecule has 10 heteroatoms. The lowest BCUT2D eigenvalue weighted by Gasteiger charge is -2.41. The lowest BCUT2D eigenvalue weighted by Crippen LogP contribution is -2.50. The van der Waals surface area contributed by atoms with Gasteiger partial charge in [-0.15, -0.1) is 0 Å². The van der Waals surface area contributed by atoms with E-state index in [1.54, 1.807) is 4.40 Å². The minimum absolute atomic E-state index is 0.0492. The van der Waals surface area contributed by atoms with E-state index in [-0.39, 0.29) is 24.9 Å². The van der Waals surface area contributed by atoms with Gasteiger partial charge >= 0.3 is 0 Å². The molecule has 1 aliphatic carbocycles. The van der Waals surface area contributed by atoms with Crippen LogP contribution in [0.5, 0.6) is 0 Å². The number of rotatable bonds is 4. The van der Waals surface area contributed by atoms with Crippen LogP contribution in [0, 0.1) is 0 Å². The van der Waals surface area contributed by atoms with E-state index < -0.39 is 11.8 Å². The first-order valence-corrected chi connectivity index (χ1v) is 10.9. The summed E-state index contributed by atoms with van der Waals surface area (Å²) in [5.41, 5.74) is 9.90. The van der Waals surface area contributed by atoms with Crippen LogP contribution < -0.4 is 5.73 Å². The van der Waals surface area contributed by atoms with E-state index in [0.29, 0.717) is 17.8 Å². The van der Waals surface area contributed by atoms with Crippen LogP contribution in [0.25, 0.3) is 16.9 Å². The number of fused-ring (bicyclic) bond motifs is 2. The van der Waals surface area contributed by atoms with E-state index >= 15 is 0 Å². The van der Waals surface area contributed by atoms with Crippen LogP contribution in [0.15, 0.2) is 29.6 Å². The van der Waals surface area contributed by atoms with Crippen LogP contribution in [0.1, 0.15) is 54.6 Å². The van der Waals surface area contributed by atoms with Crippen LogP contribution in [0.2, 0.25) is 0 Å². The summed E-state index contributed by atoms with van der Waals surface area (Å²) in [4.78, 5) is 21.0. The Morgan fingerprint density at radius 1 is 1.28 bits per heavy atom. The first-order valence-electron chi connectivity index (χ1n) is 10.9. The van der Waals surface area contributed by atoms with E-state index in [4.69, 9.17) is 15.8 Å². The Morgan fingerprint density at radius 2 is 2.09 bits per heavy atom. The van der Waals surface area contributed by atoms with Crippen LogP contribution in [-0.2, 0) is 13.0 Å². The second-order valence-electron chi connectivity index (χ2n) is 9.03. The largest absolute Gasteiger partial charge is 0.364 e. The highest BCUT2D eigenvalue weighted by Gasteiger charge is 2.50. The molecule has 1 amide bonds. The highest BCUT2D eigenvalue weighted by Crippen LogP contribution is 2.43. The van der Waals surface area contributed by atoms with Gasteiger partial charge in [0.05, 0.1) is 29.7 Å². The van der Waals surface area contributed by atoms with Gasteiger partial charge in [-0.2, -0.15) is 5.10 Å². The van der Waals surface area contributed by atoms with Crippen molar-refractivity contribution in [3.05, 3.63) is 41.7 Å². The molecule has 0 radical (unpaired) electrons. The van der Waals surface area contributed by atoms with E-state index in [2.05, 4.69) is 9.55 Å². The molecule has 1 atom stereocenters. The topological polar surface area (TPSA) is 93.8 Å². The summed E-state index contributed by atoms with van der Waals surface area (Å²) in [5.74, 6) is -2.13. The lowest BCUT2D eigenvalue weighted by atomic mass is 9.87. The lowest BCUT2D eigenvalue weighted by molar-refractivity contribution is -0.128. The molecule has 3 aliphatic rings. The maximum atomic E-state index is 13.4. The summed E-state index contributed by atoms with van der Waals surface area (Å²) in [7, 11) is 0. The first-order chi connectivity index (χ1) is 15.3. The fourth-order valence-electron chi connectivity index (χ4n) is 5.18. The van der Waals surface area contributed by atoms with Crippen molar-refractivity contribution in [2.45, 2.75) is 63.6 Å². The number of nitrogens with zero attached hydrogens (tertiary/aromatic N) is 6. The van der Waals surface area contributed by atoms with Crippen molar-refractivity contribution in [3.63, 3.8) is 0 Å². The summed E-state index contributed by atoms with van der Waals surface area (Å²) in [6.07, 6.45) is 5.60. The SMILES string of the molecule is CC1CC(c2nc3n(c2-c2ccc4ncc(C(N)=O)n4c2)CCC3)=NN1C1CC(F)(F)C1. The van der Waals surface area contributed by atoms with E-state index in [9.17, 15) is 13.6 Å². The zero-order valence-electron chi connectivity index (χ0n) is 17.6. The number of hydrogen-bond acceptors (Lipinski definition) is 5. The first kappa shape index (κ1) is 19.4.